The van der Waals surface area contributed by atoms with Gasteiger partial charge in [0.25, 0.3) is 0 Å². The molecule has 0 saturated carbocycles. The molecule has 2 nitrogen and oxygen atoms in total. The molecule has 12 aromatic rings. The third kappa shape index (κ3) is 5.31. The van der Waals surface area contributed by atoms with Gasteiger partial charge in [-0.05, 0) is 118 Å². The Balaban J connectivity index is 1.14. The summed E-state index contributed by atoms with van der Waals surface area (Å²) < 4.78 is 2.40. The van der Waals surface area contributed by atoms with Crippen LogP contribution in [0.1, 0.15) is 0 Å². The molecule has 0 radical (unpaired) electrons. The van der Waals surface area contributed by atoms with Crippen molar-refractivity contribution in [2.24, 2.45) is 0 Å². The molecular formula is C57H36N2. The van der Waals surface area contributed by atoms with Crippen molar-refractivity contribution >= 4 is 64.9 Å². The molecule has 0 N–H and O–H groups in total. The second-order valence-corrected chi connectivity index (χ2v) is 15.5. The van der Waals surface area contributed by atoms with Gasteiger partial charge in [0.1, 0.15) is 0 Å². The van der Waals surface area contributed by atoms with Crippen molar-refractivity contribution in [3.63, 3.8) is 0 Å². The van der Waals surface area contributed by atoms with Gasteiger partial charge in [-0.3, -0.25) is 4.98 Å². The second-order valence-electron chi connectivity index (χ2n) is 15.5. The summed E-state index contributed by atoms with van der Waals surface area (Å²) in [5, 5.41) is 12.3. The van der Waals surface area contributed by atoms with Gasteiger partial charge in [0, 0.05) is 28.7 Å². The zero-order valence-corrected chi connectivity index (χ0v) is 32.2. The van der Waals surface area contributed by atoms with Crippen molar-refractivity contribution < 1.29 is 0 Å². The molecule has 0 amide bonds. The molecule has 10 aromatic carbocycles. The van der Waals surface area contributed by atoms with E-state index in [0.29, 0.717) is 0 Å². The molecule has 0 atom stereocenters. The van der Waals surface area contributed by atoms with E-state index in [1.54, 1.807) is 0 Å². The number of hydrogen-bond donors (Lipinski definition) is 0. The zero-order chi connectivity index (χ0) is 38.9. The highest BCUT2D eigenvalue weighted by Gasteiger charge is 2.21. The quantitative estimate of drug-likeness (QED) is 0.160. The summed E-state index contributed by atoms with van der Waals surface area (Å²) in [4.78, 5) is 4.52. The van der Waals surface area contributed by atoms with E-state index in [1.807, 2.05) is 12.4 Å². The lowest BCUT2D eigenvalue weighted by molar-refractivity contribution is 1.18. The van der Waals surface area contributed by atoms with Gasteiger partial charge in [-0.1, -0.05) is 170 Å². The lowest BCUT2D eigenvalue weighted by Crippen LogP contribution is -1.98. The Morgan fingerprint density at radius 2 is 0.814 bits per heavy atom. The van der Waals surface area contributed by atoms with E-state index in [0.717, 1.165) is 16.6 Å². The van der Waals surface area contributed by atoms with Crippen molar-refractivity contribution in [3.05, 3.63) is 219 Å². The SMILES string of the molecule is c1ccc(-c2ccccc2-n2c3ccccc3c3cnccc32)c(-c2ccc3c(-c4ccc5ccccc5c4)c4ccccc4c(-c4ccc5ccccc5c4)c3c2)c1. The van der Waals surface area contributed by atoms with Crippen LogP contribution in [0.2, 0.25) is 0 Å². The number of aromatic nitrogens is 2. The first kappa shape index (κ1) is 33.3. The zero-order valence-electron chi connectivity index (χ0n) is 32.2. The number of nitrogens with zero attached hydrogens (tertiary/aromatic N) is 2. The highest BCUT2D eigenvalue weighted by molar-refractivity contribution is 6.23. The number of benzene rings is 10. The van der Waals surface area contributed by atoms with Crippen LogP contribution in [0.15, 0.2) is 219 Å². The maximum Gasteiger partial charge on any atom is 0.0572 e. The molecule has 0 aliphatic carbocycles. The molecule has 2 aromatic heterocycles. The van der Waals surface area contributed by atoms with Crippen molar-refractivity contribution in [2.75, 3.05) is 0 Å². The first-order valence-corrected chi connectivity index (χ1v) is 20.3. The Morgan fingerprint density at radius 3 is 1.53 bits per heavy atom. The first-order chi connectivity index (χ1) is 29.3. The van der Waals surface area contributed by atoms with Crippen LogP contribution >= 0.6 is 0 Å². The normalized spacial score (nSPS) is 11.7. The van der Waals surface area contributed by atoms with Crippen molar-refractivity contribution in [3.8, 4) is 50.2 Å². The smallest absolute Gasteiger partial charge is 0.0572 e. The van der Waals surface area contributed by atoms with Crippen LogP contribution in [0.25, 0.3) is 115 Å². The topological polar surface area (TPSA) is 17.8 Å². The summed E-state index contributed by atoms with van der Waals surface area (Å²) in [6.45, 7) is 0. The standard InChI is InChI=1S/C57H36N2/c1-3-15-39-33-42(27-25-37(39)13-1)56-48-21-7-8-22-49(48)57(43-28-26-38-14-2-4-16-40(38)34-43)51-35-41(29-30-50(51)56)44-17-5-6-18-45(44)46-19-9-11-23-53(46)59-54-24-12-10-20-47(54)52-36-58-32-31-55(52)59/h1-36H. The molecule has 0 bridgehead atoms. The maximum absolute atomic E-state index is 4.52. The fraction of sp³-hybridized carbons (Fsp3) is 0. The predicted octanol–water partition coefficient (Wildman–Crippen LogP) is 15.5. The summed E-state index contributed by atoms with van der Waals surface area (Å²) in [6.07, 6.45) is 3.88. The largest absolute Gasteiger partial charge is 0.309 e. The third-order valence-corrected chi connectivity index (χ3v) is 12.2. The molecular weight excluding hydrogens is 713 g/mol. The van der Waals surface area contributed by atoms with Crippen LogP contribution in [0, 0.1) is 0 Å². The maximum atomic E-state index is 4.52. The number of rotatable bonds is 5. The Bertz CT molecular complexity index is 3570. The van der Waals surface area contributed by atoms with Gasteiger partial charge >= 0.3 is 0 Å². The molecule has 0 saturated heterocycles. The summed E-state index contributed by atoms with van der Waals surface area (Å²) in [6, 6.07) is 75.8. The average Bonchev–Trinajstić information content (AvgIpc) is 3.64. The minimum atomic E-state index is 1.14. The van der Waals surface area contributed by atoms with Crippen LogP contribution in [0.3, 0.4) is 0 Å². The van der Waals surface area contributed by atoms with Gasteiger partial charge in [0.2, 0.25) is 0 Å². The van der Waals surface area contributed by atoms with Gasteiger partial charge < -0.3 is 4.57 Å². The van der Waals surface area contributed by atoms with Crippen LogP contribution in [-0.4, -0.2) is 9.55 Å². The van der Waals surface area contributed by atoms with Crippen LogP contribution in [0.5, 0.6) is 0 Å². The van der Waals surface area contributed by atoms with Gasteiger partial charge in [-0.25, -0.2) is 0 Å². The predicted molar refractivity (Wildman–Crippen MR) is 250 cm³/mol. The first-order valence-electron chi connectivity index (χ1n) is 20.3. The highest BCUT2D eigenvalue weighted by Crippen LogP contribution is 2.47. The minimum Gasteiger partial charge on any atom is -0.309 e. The molecule has 0 aliphatic rings. The number of pyridine rings is 1. The lowest BCUT2D eigenvalue weighted by atomic mass is 9.83. The fourth-order valence-electron chi connectivity index (χ4n) is 9.60. The average molecular weight is 749 g/mol. The van der Waals surface area contributed by atoms with E-state index in [1.165, 1.54) is 98.5 Å². The summed E-state index contributed by atoms with van der Waals surface area (Å²) in [5.41, 5.74) is 13.1. The molecule has 12 rings (SSSR count). The molecule has 2 heteroatoms. The summed E-state index contributed by atoms with van der Waals surface area (Å²) in [7, 11) is 0. The molecule has 0 spiro atoms. The number of hydrogen-bond acceptors (Lipinski definition) is 1. The third-order valence-electron chi connectivity index (χ3n) is 12.2. The van der Waals surface area contributed by atoms with Crippen LogP contribution in [-0.2, 0) is 0 Å². The van der Waals surface area contributed by atoms with Gasteiger partial charge in [0.05, 0.1) is 16.7 Å². The molecule has 59 heavy (non-hydrogen) atoms. The van der Waals surface area contributed by atoms with E-state index in [-0.39, 0.29) is 0 Å². The highest BCUT2D eigenvalue weighted by atomic mass is 15.0. The molecule has 2 heterocycles. The molecule has 0 fully saturated rings. The van der Waals surface area contributed by atoms with Gasteiger partial charge in [-0.2, -0.15) is 0 Å². The molecule has 0 unspecified atom stereocenters. The van der Waals surface area contributed by atoms with Crippen molar-refractivity contribution in [1.29, 1.82) is 0 Å². The van der Waals surface area contributed by atoms with Crippen molar-refractivity contribution in [2.45, 2.75) is 0 Å². The number of para-hydroxylation sites is 2. The monoisotopic (exact) mass is 748 g/mol. The van der Waals surface area contributed by atoms with Crippen molar-refractivity contribution in [1.82, 2.24) is 9.55 Å². The van der Waals surface area contributed by atoms with Gasteiger partial charge in [-0.15, -0.1) is 0 Å². The minimum absolute atomic E-state index is 1.14. The number of fused-ring (bicyclic) bond motifs is 7. The Hall–Kier alpha value is -7.81. The Kier molecular flexibility index (Phi) is 7.57. The van der Waals surface area contributed by atoms with E-state index < -0.39 is 0 Å². The Morgan fingerprint density at radius 1 is 0.305 bits per heavy atom. The summed E-state index contributed by atoms with van der Waals surface area (Å²) in [5.74, 6) is 0. The van der Waals surface area contributed by atoms with E-state index in [2.05, 4.69) is 216 Å². The van der Waals surface area contributed by atoms with Gasteiger partial charge in [0.15, 0.2) is 0 Å². The molecule has 274 valence electrons. The summed E-state index contributed by atoms with van der Waals surface area (Å²) >= 11 is 0. The van der Waals surface area contributed by atoms with Crippen LogP contribution in [0.4, 0.5) is 0 Å². The van der Waals surface area contributed by atoms with Crippen LogP contribution < -0.4 is 0 Å². The van der Waals surface area contributed by atoms with E-state index in [9.17, 15) is 0 Å². The second kappa shape index (κ2) is 13.4. The van der Waals surface area contributed by atoms with E-state index in [4.69, 9.17) is 0 Å². The van der Waals surface area contributed by atoms with E-state index >= 15 is 0 Å². The lowest BCUT2D eigenvalue weighted by Gasteiger charge is -2.20. The Labute approximate surface area is 341 Å². The molecule has 0 aliphatic heterocycles. The fourth-order valence-corrected chi connectivity index (χ4v) is 9.60.